The number of benzene rings is 1. The first-order chi connectivity index (χ1) is 8.52. The van der Waals surface area contributed by atoms with Gasteiger partial charge in [0.15, 0.2) is 0 Å². The molecule has 1 N–H and O–H groups in total. The van der Waals surface area contributed by atoms with Crippen LogP contribution in [0.2, 0.25) is 0 Å². The van der Waals surface area contributed by atoms with Gasteiger partial charge in [-0.15, -0.1) is 11.8 Å². The number of thioether (sulfide) groups is 1. The Labute approximate surface area is 115 Å². The van der Waals surface area contributed by atoms with Crippen LogP contribution in [0.25, 0.3) is 0 Å². The third kappa shape index (κ3) is 5.12. The number of nitriles is 1. The predicted octanol–water partition coefficient (Wildman–Crippen LogP) is 3.80. The maximum atomic E-state index is 9.20. The van der Waals surface area contributed by atoms with Crippen molar-refractivity contribution in [2.45, 2.75) is 45.2 Å². The summed E-state index contributed by atoms with van der Waals surface area (Å²) in [5.41, 5.74) is 1.97. The maximum absolute atomic E-state index is 9.20. The fourth-order valence-electron chi connectivity index (χ4n) is 1.48. The zero-order valence-corrected chi connectivity index (χ0v) is 12.5. The fraction of sp³-hybridized carbons (Fsp3) is 0.533. The highest BCUT2D eigenvalue weighted by atomic mass is 32.2. The van der Waals surface area contributed by atoms with E-state index in [1.54, 1.807) is 11.8 Å². The van der Waals surface area contributed by atoms with Gasteiger partial charge in [-0.25, -0.2) is 0 Å². The quantitative estimate of drug-likeness (QED) is 0.792. The molecule has 0 saturated carbocycles. The minimum absolute atomic E-state index is 0.463. The van der Waals surface area contributed by atoms with E-state index < -0.39 is 0 Å². The van der Waals surface area contributed by atoms with Gasteiger partial charge >= 0.3 is 0 Å². The van der Waals surface area contributed by atoms with Gasteiger partial charge in [0.25, 0.3) is 0 Å². The molecule has 0 amide bonds. The molecular formula is C15H22N2S. The minimum atomic E-state index is 0.463. The zero-order chi connectivity index (χ0) is 13.5. The average Bonchev–Trinajstić information content (AvgIpc) is 2.34. The van der Waals surface area contributed by atoms with E-state index in [1.807, 2.05) is 6.07 Å². The summed E-state index contributed by atoms with van der Waals surface area (Å²) in [4.78, 5) is 1.10. The predicted molar refractivity (Wildman–Crippen MR) is 78.7 cm³/mol. The van der Waals surface area contributed by atoms with Crippen LogP contribution < -0.4 is 5.32 Å². The Kier molecular flexibility index (Phi) is 6.24. The lowest BCUT2D eigenvalue weighted by atomic mass is 10.1. The summed E-state index contributed by atoms with van der Waals surface area (Å²) >= 11 is 1.77. The first kappa shape index (κ1) is 15.1. The summed E-state index contributed by atoms with van der Waals surface area (Å²) in [6.45, 7) is 9.46. The highest BCUT2D eigenvalue weighted by molar-refractivity contribution is 7.99. The Morgan fingerprint density at radius 2 is 2.00 bits per heavy atom. The standard InChI is InChI=1S/C15H22N2S/c1-11(2)10-18-15-6-5-13(7-14(15)8-16)9-17-12(3)4/h5-7,11-12,17H,9-10H2,1-4H3. The SMILES string of the molecule is CC(C)CSc1ccc(CNC(C)C)cc1C#N. The molecule has 0 aliphatic heterocycles. The van der Waals surface area contributed by atoms with E-state index >= 15 is 0 Å². The second-order valence-electron chi connectivity index (χ2n) is 5.18. The fourth-order valence-corrected chi connectivity index (χ4v) is 2.42. The highest BCUT2D eigenvalue weighted by Gasteiger charge is 2.06. The van der Waals surface area contributed by atoms with Gasteiger partial charge in [0.05, 0.1) is 5.56 Å². The molecule has 0 radical (unpaired) electrons. The summed E-state index contributed by atoms with van der Waals surface area (Å²) in [6.07, 6.45) is 0. The van der Waals surface area contributed by atoms with Gasteiger partial charge in [-0.05, 0) is 23.6 Å². The van der Waals surface area contributed by atoms with Gasteiger partial charge in [0.1, 0.15) is 6.07 Å². The van der Waals surface area contributed by atoms with E-state index in [0.29, 0.717) is 12.0 Å². The van der Waals surface area contributed by atoms with Crippen LogP contribution in [0.3, 0.4) is 0 Å². The number of hydrogen-bond donors (Lipinski definition) is 1. The third-order valence-electron chi connectivity index (χ3n) is 2.45. The van der Waals surface area contributed by atoms with Crippen molar-refractivity contribution in [1.82, 2.24) is 5.32 Å². The lowest BCUT2D eigenvalue weighted by Gasteiger charge is -2.10. The van der Waals surface area contributed by atoms with E-state index in [4.69, 9.17) is 0 Å². The molecule has 0 spiro atoms. The van der Waals surface area contributed by atoms with E-state index in [1.165, 1.54) is 5.56 Å². The summed E-state index contributed by atoms with van der Waals surface area (Å²) in [6, 6.07) is 8.94. The molecule has 18 heavy (non-hydrogen) atoms. The van der Waals surface area contributed by atoms with Gasteiger partial charge in [-0.2, -0.15) is 5.26 Å². The van der Waals surface area contributed by atoms with E-state index in [-0.39, 0.29) is 0 Å². The Morgan fingerprint density at radius 1 is 1.28 bits per heavy atom. The molecule has 3 heteroatoms. The second kappa shape index (κ2) is 7.45. The van der Waals surface area contributed by atoms with Crippen LogP contribution in [0.4, 0.5) is 0 Å². The molecule has 0 atom stereocenters. The van der Waals surface area contributed by atoms with Crippen molar-refractivity contribution >= 4 is 11.8 Å². The van der Waals surface area contributed by atoms with Crippen molar-refractivity contribution < 1.29 is 0 Å². The van der Waals surface area contributed by atoms with Gasteiger partial charge in [-0.1, -0.05) is 33.8 Å². The summed E-state index contributed by atoms with van der Waals surface area (Å²) < 4.78 is 0. The summed E-state index contributed by atoms with van der Waals surface area (Å²) in [5, 5.41) is 12.6. The number of rotatable bonds is 6. The molecule has 1 aromatic rings. The Bertz CT molecular complexity index is 419. The molecule has 1 rings (SSSR count). The van der Waals surface area contributed by atoms with Crippen molar-refractivity contribution in [1.29, 1.82) is 5.26 Å². The molecule has 0 unspecified atom stereocenters. The van der Waals surface area contributed by atoms with Crippen molar-refractivity contribution in [3.63, 3.8) is 0 Å². The third-order valence-corrected chi connectivity index (χ3v) is 3.95. The molecule has 0 aliphatic rings. The average molecular weight is 262 g/mol. The monoisotopic (exact) mass is 262 g/mol. The lowest BCUT2D eigenvalue weighted by molar-refractivity contribution is 0.588. The van der Waals surface area contributed by atoms with Crippen LogP contribution in [-0.2, 0) is 6.54 Å². The highest BCUT2D eigenvalue weighted by Crippen LogP contribution is 2.25. The molecule has 0 fully saturated rings. The van der Waals surface area contributed by atoms with Crippen molar-refractivity contribution in [3.8, 4) is 6.07 Å². The molecule has 0 aliphatic carbocycles. The normalized spacial score (nSPS) is 10.9. The molecule has 1 aromatic carbocycles. The maximum Gasteiger partial charge on any atom is 0.100 e. The van der Waals surface area contributed by atoms with E-state index in [2.05, 4.69) is 51.2 Å². The zero-order valence-electron chi connectivity index (χ0n) is 11.7. The topological polar surface area (TPSA) is 35.8 Å². The number of nitrogens with one attached hydrogen (secondary N) is 1. The van der Waals surface area contributed by atoms with Crippen molar-refractivity contribution in [2.24, 2.45) is 5.92 Å². The summed E-state index contributed by atoms with van der Waals surface area (Å²) in [5.74, 6) is 1.70. The van der Waals surface area contributed by atoms with Crippen LogP contribution in [0.1, 0.15) is 38.8 Å². The molecule has 0 heterocycles. The van der Waals surface area contributed by atoms with Crippen LogP contribution in [0.15, 0.2) is 23.1 Å². The van der Waals surface area contributed by atoms with E-state index in [0.717, 1.165) is 22.8 Å². The van der Waals surface area contributed by atoms with Crippen molar-refractivity contribution in [3.05, 3.63) is 29.3 Å². The lowest BCUT2D eigenvalue weighted by Crippen LogP contribution is -2.21. The van der Waals surface area contributed by atoms with Gasteiger partial charge < -0.3 is 5.32 Å². The first-order valence-corrected chi connectivity index (χ1v) is 7.40. The Hall–Kier alpha value is -0.980. The number of hydrogen-bond acceptors (Lipinski definition) is 3. The van der Waals surface area contributed by atoms with Crippen LogP contribution in [0, 0.1) is 17.2 Å². The molecule has 0 aromatic heterocycles. The molecule has 98 valence electrons. The second-order valence-corrected chi connectivity index (χ2v) is 6.24. The van der Waals surface area contributed by atoms with Gasteiger partial charge in [0.2, 0.25) is 0 Å². The molecule has 2 nitrogen and oxygen atoms in total. The largest absolute Gasteiger partial charge is 0.310 e. The van der Waals surface area contributed by atoms with E-state index in [9.17, 15) is 5.26 Å². The van der Waals surface area contributed by atoms with Crippen LogP contribution in [0.5, 0.6) is 0 Å². The molecule has 0 bridgehead atoms. The van der Waals surface area contributed by atoms with Crippen molar-refractivity contribution in [2.75, 3.05) is 5.75 Å². The van der Waals surface area contributed by atoms with Gasteiger partial charge in [0, 0.05) is 23.2 Å². The first-order valence-electron chi connectivity index (χ1n) is 6.42. The Balaban J connectivity index is 2.74. The molecular weight excluding hydrogens is 240 g/mol. The molecule has 0 saturated heterocycles. The van der Waals surface area contributed by atoms with Gasteiger partial charge in [-0.3, -0.25) is 0 Å². The number of nitrogens with zero attached hydrogens (tertiary/aromatic N) is 1. The summed E-state index contributed by atoms with van der Waals surface area (Å²) in [7, 11) is 0. The minimum Gasteiger partial charge on any atom is -0.310 e. The van der Waals surface area contributed by atoms with Crippen LogP contribution in [-0.4, -0.2) is 11.8 Å². The van der Waals surface area contributed by atoms with Crippen LogP contribution >= 0.6 is 11.8 Å². The smallest absolute Gasteiger partial charge is 0.100 e. The Morgan fingerprint density at radius 3 is 2.56 bits per heavy atom.